The number of carbonyl (C=O) groups is 1. The van der Waals surface area contributed by atoms with E-state index in [2.05, 4.69) is 12.2 Å². The number of para-hydroxylation sites is 1. The van der Waals surface area contributed by atoms with E-state index in [1.165, 1.54) is 12.8 Å². The van der Waals surface area contributed by atoms with E-state index in [1.54, 1.807) is 0 Å². The quantitative estimate of drug-likeness (QED) is 0.850. The maximum atomic E-state index is 12.1. The van der Waals surface area contributed by atoms with Crippen LogP contribution in [-0.4, -0.2) is 23.5 Å². The Morgan fingerprint density at radius 1 is 1.29 bits per heavy atom. The van der Waals surface area contributed by atoms with Gasteiger partial charge in [-0.2, -0.15) is 0 Å². The van der Waals surface area contributed by atoms with Gasteiger partial charge in [-0.3, -0.25) is 0 Å². The first-order chi connectivity index (χ1) is 8.31. The highest BCUT2D eigenvalue weighted by molar-refractivity contribution is 5.89. The van der Waals surface area contributed by atoms with Crippen molar-refractivity contribution in [2.75, 3.05) is 11.9 Å². The molecule has 1 aromatic carbocycles. The zero-order chi connectivity index (χ0) is 12.1. The van der Waals surface area contributed by atoms with E-state index in [1.807, 2.05) is 35.2 Å². The smallest absolute Gasteiger partial charge is 0.322 e. The van der Waals surface area contributed by atoms with Crippen LogP contribution in [0.3, 0.4) is 0 Å². The molecular formula is C14H19N2O. The lowest BCUT2D eigenvalue weighted by Crippen LogP contribution is -2.41. The van der Waals surface area contributed by atoms with Crippen molar-refractivity contribution < 1.29 is 4.79 Å². The van der Waals surface area contributed by atoms with Crippen LogP contribution in [0.2, 0.25) is 0 Å². The molecule has 1 N–H and O–H groups in total. The van der Waals surface area contributed by atoms with Gasteiger partial charge in [0.15, 0.2) is 0 Å². The van der Waals surface area contributed by atoms with Gasteiger partial charge >= 0.3 is 6.03 Å². The van der Waals surface area contributed by atoms with Crippen LogP contribution >= 0.6 is 0 Å². The van der Waals surface area contributed by atoms with Crippen LogP contribution in [0, 0.1) is 6.92 Å². The summed E-state index contributed by atoms with van der Waals surface area (Å²) in [5, 5.41) is 2.92. The summed E-state index contributed by atoms with van der Waals surface area (Å²) in [6.07, 6.45) is 4.66. The summed E-state index contributed by atoms with van der Waals surface area (Å²) in [5.41, 5.74) is 0.842. The molecule has 2 rings (SSSR count). The zero-order valence-electron chi connectivity index (χ0n) is 10.1. The first-order valence-electron chi connectivity index (χ1n) is 6.23. The topological polar surface area (TPSA) is 32.3 Å². The highest BCUT2D eigenvalue weighted by Gasteiger charge is 2.25. The monoisotopic (exact) mass is 231 g/mol. The van der Waals surface area contributed by atoms with Crippen molar-refractivity contribution in [2.24, 2.45) is 0 Å². The van der Waals surface area contributed by atoms with Crippen LogP contribution in [0.4, 0.5) is 10.5 Å². The minimum absolute atomic E-state index is 0.0295. The predicted octanol–water partition coefficient (Wildman–Crippen LogP) is 3.30. The second kappa shape index (κ2) is 5.71. The van der Waals surface area contributed by atoms with Crippen LogP contribution in [-0.2, 0) is 0 Å². The molecule has 0 spiro atoms. The van der Waals surface area contributed by atoms with Crippen LogP contribution in [0.25, 0.3) is 0 Å². The van der Waals surface area contributed by atoms with Gasteiger partial charge in [-0.15, -0.1) is 0 Å². The summed E-state index contributed by atoms with van der Waals surface area (Å²) >= 11 is 0. The summed E-state index contributed by atoms with van der Waals surface area (Å²) < 4.78 is 0. The molecule has 3 heteroatoms. The molecule has 1 saturated carbocycles. The number of hydrogen-bond donors (Lipinski definition) is 1. The third-order valence-corrected chi connectivity index (χ3v) is 3.29. The summed E-state index contributed by atoms with van der Waals surface area (Å²) in [7, 11) is 0. The molecule has 2 amide bonds. The lowest BCUT2D eigenvalue weighted by molar-refractivity contribution is 0.196. The number of carbonyl (C=O) groups excluding carboxylic acids is 1. The van der Waals surface area contributed by atoms with Gasteiger partial charge in [-0.05, 0) is 31.9 Å². The van der Waals surface area contributed by atoms with Crippen molar-refractivity contribution in [3.05, 3.63) is 37.3 Å². The zero-order valence-corrected chi connectivity index (χ0v) is 10.1. The number of rotatable bonds is 3. The number of anilines is 1. The molecule has 0 atom stereocenters. The number of nitrogens with zero attached hydrogens (tertiary/aromatic N) is 1. The molecule has 1 radical (unpaired) electrons. The molecule has 1 fully saturated rings. The highest BCUT2D eigenvalue weighted by Crippen LogP contribution is 2.23. The van der Waals surface area contributed by atoms with Gasteiger partial charge in [0.05, 0.1) is 0 Å². The Morgan fingerprint density at radius 3 is 2.53 bits per heavy atom. The summed E-state index contributed by atoms with van der Waals surface area (Å²) in [5.74, 6) is 0. The highest BCUT2D eigenvalue weighted by atomic mass is 16.2. The SMILES string of the molecule is [CH2]CN(C(=O)Nc1ccccc1)C1CCCC1. The van der Waals surface area contributed by atoms with Crippen molar-refractivity contribution >= 4 is 11.7 Å². The van der Waals surface area contributed by atoms with Gasteiger partial charge in [0.1, 0.15) is 0 Å². The van der Waals surface area contributed by atoms with Gasteiger partial charge in [-0.1, -0.05) is 31.0 Å². The lowest BCUT2D eigenvalue weighted by Gasteiger charge is -2.27. The first-order valence-corrected chi connectivity index (χ1v) is 6.23. The van der Waals surface area contributed by atoms with Crippen molar-refractivity contribution in [3.63, 3.8) is 0 Å². The molecule has 3 nitrogen and oxygen atoms in total. The number of hydrogen-bond acceptors (Lipinski definition) is 1. The minimum atomic E-state index is -0.0295. The normalized spacial score (nSPS) is 15.8. The fourth-order valence-corrected chi connectivity index (χ4v) is 2.38. The maximum absolute atomic E-state index is 12.1. The van der Waals surface area contributed by atoms with Gasteiger partial charge in [-0.25, -0.2) is 4.79 Å². The van der Waals surface area contributed by atoms with Crippen LogP contribution < -0.4 is 5.32 Å². The molecule has 0 aromatic heterocycles. The van der Waals surface area contributed by atoms with Gasteiger partial charge in [0.25, 0.3) is 0 Å². The van der Waals surface area contributed by atoms with Crippen molar-refractivity contribution in [2.45, 2.75) is 31.7 Å². The van der Waals surface area contributed by atoms with E-state index >= 15 is 0 Å². The largest absolute Gasteiger partial charge is 0.322 e. The van der Waals surface area contributed by atoms with Crippen molar-refractivity contribution in [1.82, 2.24) is 4.90 Å². The molecule has 0 saturated heterocycles. The summed E-state index contributed by atoms with van der Waals surface area (Å²) in [6, 6.07) is 9.90. The molecule has 0 heterocycles. The molecule has 0 aliphatic heterocycles. The average molecular weight is 231 g/mol. The molecule has 1 aliphatic carbocycles. The molecule has 17 heavy (non-hydrogen) atoms. The average Bonchev–Trinajstić information content (AvgIpc) is 2.85. The molecule has 1 aromatic rings. The Hall–Kier alpha value is -1.51. The maximum Gasteiger partial charge on any atom is 0.322 e. The molecule has 1 aliphatic rings. The minimum Gasteiger partial charge on any atom is -0.322 e. The third kappa shape index (κ3) is 2.99. The van der Waals surface area contributed by atoms with E-state index in [9.17, 15) is 4.79 Å². The van der Waals surface area contributed by atoms with Crippen LogP contribution in [0.1, 0.15) is 25.7 Å². The van der Waals surface area contributed by atoms with E-state index in [0.717, 1.165) is 18.5 Å². The van der Waals surface area contributed by atoms with Gasteiger partial charge in [0.2, 0.25) is 0 Å². The predicted molar refractivity (Wildman–Crippen MR) is 69.8 cm³/mol. The molecule has 0 unspecified atom stereocenters. The van der Waals surface area contributed by atoms with Crippen molar-refractivity contribution in [3.8, 4) is 0 Å². The summed E-state index contributed by atoms with van der Waals surface area (Å²) in [6.45, 7) is 4.39. The van der Waals surface area contributed by atoms with Gasteiger partial charge in [0, 0.05) is 18.3 Å². The standard InChI is InChI=1S/C14H19N2O/c1-2-16(13-10-6-7-11-13)14(17)15-12-8-4-3-5-9-12/h3-5,8-9,13H,1-2,6-7,10-11H2,(H,15,17). The molecular weight excluding hydrogens is 212 g/mol. The lowest BCUT2D eigenvalue weighted by atomic mass is 10.2. The fraction of sp³-hybridized carbons (Fsp3) is 0.429. The Labute approximate surface area is 103 Å². The Bertz CT molecular complexity index is 358. The molecule has 0 bridgehead atoms. The fourth-order valence-electron chi connectivity index (χ4n) is 2.38. The number of urea groups is 1. The second-order valence-electron chi connectivity index (χ2n) is 4.43. The molecule has 91 valence electrons. The van der Waals surface area contributed by atoms with E-state index < -0.39 is 0 Å². The third-order valence-electron chi connectivity index (χ3n) is 3.29. The van der Waals surface area contributed by atoms with Crippen LogP contribution in [0.15, 0.2) is 30.3 Å². The number of benzene rings is 1. The van der Waals surface area contributed by atoms with E-state index in [0.29, 0.717) is 12.6 Å². The summed E-state index contributed by atoms with van der Waals surface area (Å²) in [4.78, 5) is 14.0. The first kappa shape index (κ1) is 12.0. The Balaban J connectivity index is 1.97. The van der Waals surface area contributed by atoms with Crippen LogP contribution in [0.5, 0.6) is 0 Å². The van der Waals surface area contributed by atoms with E-state index in [4.69, 9.17) is 0 Å². The second-order valence-corrected chi connectivity index (χ2v) is 4.43. The number of nitrogens with one attached hydrogen (secondary N) is 1. The Kier molecular flexibility index (Phi) is 4.02. The van der Waals surface area contributed by atoms with Crippen molar-refractivity contribution in [1.29, 1.82) is 0 Å². The van der Waals surface area contributed by atoms with Gasteiger partial charge < -0.3 is 10.2 Å². The van der Waals surface area contributed by atoms with E-state index in [-0.39, 0.29) is 6.03 Å². The Morgan fingerprint density at radius 2 is 1.94 bits per heavy atom. The number of amides is 2.